The van der Waals surface area contributed by atoms with Gasteiger partial charge in [-0.1, -0.05) is 17.7 Å². The molecule has 0 unspecified atom stereocenters. The Labute approximate surface area is 186 Å². The topological polar surface area (TPSA) is 53.0 Å². The minimum atomic E-state index is -4.66. The zero-order valence-corrected chi connectivity index (χ0v) is 18.2. The van der Waals surface area contributed by atoms with E-state index in [2.05, 4.69) is 0 Å². The second kappa shape index (κ2) is 8.11. The van der Waals surface area contributed by atoms with Gasteiger partial charge in [0.2, 0.25) is 0 Å². The van der Waals surface area contributed by atoms with Gasteiger partial charge >= 0.3 is 12.1 Å². The number of anilines is 2. The summed E-state index contributed by atoms with van der Waals surface area (Å²) < 4.78 is 49.2. The molecule has 0 saturated heterocycles. The molecule has 166 valence electrons. The maximum Gasteiger partial charge on any atom is 0.420 e. The first kappa shape index (κ1) is 22.1. The first-order valence-corrected chi connectivity index (χ1v) is 10.8. The second-order valence-corrected chi connectivity index (χ2v) is 9.44. The van der Waals surface area contributed by atoms with Gasteiger partial charge in [-0.2, -0.15) is 13.2 Å². The second-order valence-electron chi connectivity index (χ2n) is 7.76. The summed E-state index contributed by atoms with van der Waals surface area (Å²) in [5, 5.41) is 9.82. The number of likely N-dealkylation sites (N-methyl/N-ethyl adjacent to an activating group) is 1. The predicted octanol–water partition coefficient (Wildman–Crippen LogP) is 5.69. The van der Waals surface area contributed by atoms with Crippen molar-refractivity contribution in [3.63, 3.8) is 0 Å². The lowest BCUT2D eigenvalue weighted by Gasteiger charge is -2.26. The van der Waals surface area contributed by atoms with Crippen LogP contribution >= 0.6 is 23.5 Å². The molecule has 0 bridgehead atoms. The summed E-state index contributed by atoms with van der Waals surface area (Å²) in [6, 6.07) is 9.41. The average Bonchev–Trinajstić information content (AvgIpc) is 3.49. The lowest BCUT2D eigenvalue weighted by molar-refractivity contribution is -0.144. The normalized spacial score (nSPS) is 18.3. The number of aliphatic carboxylic acids is 1. The van der Waals surface area contributed by atoms with Gasteiger partial charge in [0, 0.05) is 23.8 Å². The Kier molecular flexibility index (Phi) is 5.78. The van der Waals surface area contributed by atoms with Crippen molar-refractivity contribution in [1.29, 1.82) is 0 Å². The van der Waals surface area contributed by atoms with Crippen LogP contribution in [0.25, 0.3) is 0 Å². The quantitative estimate of drug-likeness (QED) is 0.564. The van der Waals surface area contributed by atoms with E-state index in [4.69, 9.17) is 16.3 Å². The molecule has 1 aliphatic carbocycles. The number of ether oxygens (including phenoxy) is 1. The van der Waals surface area contributed by atoms with Crippen molar-refractivity contribution in [2.75, 3.05) is 31.6 Å². The minimum absolute atomic E-state index is 0.289. The van der Waals surface area contributed by atoms with Crippen LogP contribution in [0.5, 0.6) is 5.75 Å². The van der Waals surface area contributed by atoms with E-state index in [-0.39, 0.29) is 12.4 Å². The van der Waals surface area contributed by atoms with Gasteiger partial charge < -0.3 is 14.7 Å². The molecule has 1 saturated carbocycles. The number of carboxylic acid groups (broad SMARTS) is 1. The van der Waals surface area contributed by atoms with Crippen LogP contribution in [0.2, 0.25) is 5.02 Å². The summed E-state index contributed by atoms with van der Waals surface area (Å²) in [4.78, 5) is 13.8. The molecule has 1 N–H and O–H groups in total. The van der Waals surface area contributed by atoms with E-state index in [1.165, 1.54) is 18.0 Å². The van der Waals surface area contributed by atoms with E-state index < -0.39 is 23.1 Å². The number of halogens is 4. The lowest BCUT2D eigenvalue weighted by Crippen LogP contribution is -2.25. The van der Waals surface area contributed by atoms with Crippen LogP contribution in [-0.2, 0) is 11.0 Å². The summed E-state index contributed by atoms with van der Waals surface area (Å²) in [5.41, 5.74) is -0.929. The van der Waals surface area contributed by atoms with E-state index >= 15 is 0 Å². The van der Waals surface area contributed by atoms with Crippen molar-refractivity contribution in [2.24, 2.45) is 5.41 Å². The molecule has 2 aromatic rings. The number of carbonyl (C=O) groups is 1. The number of hydrogen-bond donors (Lipinski definition) is 1. The molecule has 1 fully saturated rings. The van der Waals surface area contributed by atoms with Gasteiger partial charge in [0.25, 0.3) is 0 Å². The van der Waals surface area contributed by atoms with E-state index in [0.717, 1.165) is 6.07 Å². The van der Waals surface area contributed by atoms with Gasteiger partial charge in [0.15, 0.2) is 0 Å². The van der Waals surface area contributed by atoms with Crippen LogP contribution in [0.1, 0.15) is 18.4 Å². The van der Waals surface area contributed by atoms with E-state index in [1.807, 2.05) is 11.4 Å². The van der Waals surface area contributed by atoms with Crippen LogP contribution in [0, 0.1) is 5.41 Å². The third-order valence-electron chi connectivity index (χ3n) is 5.48. The zero-order chi connectivity index (χ0) is 22.4. The molecule has 1 heterocycles. The van der Waals surface area contributed by atoms with Gasteiger partial charge in [-0.3, -0.25) is 4.79 Å². The Hall–Kier alpha value is -2.10. The van der Waals surface area contributed by atoms with Gasteiger partial charge in [-0.25, -0.2) is 4.31 Å². The molecule has 4 rings (SSSR count). The van der Waals surface area contributed by atoms with Crippen molar-refractivity contribution in [1.82, 2.24) is 4.31 Å². The summed E-state index contributed by atoms with van der Waals surface area (Å²) >= 11 is 7.43. The first-order valence-electron chi connectivity index (χ1n) is 9.63. The summed E-state index contributed by atoms with van der Waals surface area (Å²) in [6.07, 6.45) is -3.86. The Morgan fingerprint density at radius 1 is 1.26 bits per heavy atom. The van der Waals surface area contributed by atoms with E-state index in [9.17, 15) is 23.1 Å². The highest BCUT2D eigenvalue weighted by atomic mass is 35.5. The number of alkyl halides is 3. The molecule has 5 nitrogen and oxygen atoms in total. The summed E-state index contributed by atoms with van der Waals surface area (Å²) in [5.74, 6) is -1.40. The number of rotatable bonds is 5. The van der Waals surface area contributed by atoms with E-state index in [0.29, 0.717) is 47.2 Å². The van der Waals surface area contributed by atoms with Crippen molar-refractivity contribution in [2.45, 2.75) is 23.9 Å². The number of fused-ring (bicyclic) bond motifs is 1. The van der Waals surface area contributed by atoms with Crippen LogP contribution in [0.4, 0.5) is 24.5 Å². The van der Waals surface area contributed by atoms with Crippen LogP contribution in [0.15, 0.2) is 41.3 Å². The SMILES string of the molecule is CN1CCN(c2cccc(Cl)c2)c2cc(C(F)(F)F)c(OCC3(C(=O)O)CC3)cc2S1. The molecular weight excluding hydrogens is 453 g/mol. The minimum Gasteiger partial charge on any atom is -0.492 e. The molecule has 0 aromatic heterocycles. The van der Waals surface area contributed by atoms with Gasteiger partial charge in [-0.05, 0) is 62.2 Å². The van der Waals surface area contributed by atoms with Gasteiger partial charge in [-0.15, -0.1) is 0 Å². The summed E-state index contributed by atoms with van der Waals surface area (Å²) in [7, 11) is 1.86. The molecule has 0 atom stereocenters. The molecule has 0 spiro atoms. The van der Waals surface area contributed by atoms with Gasteiger partial charge in [0.1, 0.15) is 17.8 Å². The maximum absolute atomic E-state index is 13.9. The first-order chi connectivity index (χ1) is 14.6. The fraction of sp³-hybridized carbons (Fsp3) is 0.381. The van der Waals surface area contributed by atoms with Gasteiger partial charge in [0.05, 0.1) is 16.1 Å². The summed E-state index contributed by atoms with van der Waals surface area (Å²) in [6.45, 7) is 0.782. The number of benzene rings is 2. The van der Waals surface area contributed by atoms with Crippen molar-refractivity contribution >= 4 is 40.9 Å². The molecule has 31 heavy (non-hydrogen) atoms. The van der Waals surface area contributed by atoms with Crippen molar-refractivity contribution < 1.29 is 27.8 Å². The molecule has 10 heteroatoms. The fourth-order valence-electron chi connectivity index (χ4n) is 3.45. The highest BCUT2D eigenvalue weighted by molar-refractivity contribution is 7.97. The molecule has 2 aromatic carbocycles. The maximum atomic E-state index is 13.9. The molecule has 2 aliphatic rings. The molecule has 0 radical (unpaired) electrons. The van der Waals surface area contributed by atoms with Crippen LogP contribution < -0.4 is 9.64 Å². The number of nitrogens with zero attached hydrogens (tertiary/aromatic N) is 2. The van der Waals surface area contributed by atoms with Crippen molar-refractivity contribution in [3.05, 3.63) is 47.0 Å². The fourth-order valence-corrected chi connectivity index (χ4v) is 4.56. The predicted molar refractivity (Wildman–Crippen MR) is 113 cm³/mol. The number of hydrogen-bond acceptors (Lipinski definition) is 5. The lowest BCUT2D eigenvalue weighted by atomic mass is 10.1. The third-order valence-corrected chi connectivity index (χ3v) is 6.73. The average molecular weight is 473 g/mol. The Bertz CT molecular complexity index is 1010. The third kappa shape index (κ3) is 4.58. The smallest absolute Gasteiger partial charge is 0.420 e. The molecular formula is C21H20ClF3N2O3S. The highest BCUT2D eigenvalue weighted by Gasteiger charge is 2.51. The number of carboxylic acids is 1. The van der Waals surface area contributed by atoms with E-state index in [1.54, 1.807) is 29.2 Å². The van der Waals surface area contributed by atoms with Crippen LogP contribution in [-0.4, -0.2) is 42.1 Å². The van der Waals surface area contributed by atoms with Crippen molar-refractivity contribution in [3.8, 4) is 5.75 Å². The van der Waals surface area contributed by atoms with Crippen LogP contribution in [0.3, 0.4) is 0 Å². The standard InChI is InChI=1S/C21H20ClF3N2O3S/c1-26-7-8-27(14-4-2-3-13(22)9-14)16-10-15(21(23,24)25)17(11-18(16)31-26)30-12-20(5-6-20)19(28)29/h2-4,9-11H,5-8,12H2,1H3,(H,28,29). The monoisotopic (exact) mass is 472 g/mol. The zero-order valence-electron chi connectivity index (χ0n) is 16.6. The Balaban J connectivity index is 1.78. The molecule has 0 amide bonds. The molecule has 1 aliphatic heterocycles. The Morgan fingerprint density at radius 3 is 2.61 bits per heavy atom. The highest BCUT2D eigenvalue weighted by Crippen LogP contribution is 2.49. The Morgan fingerprint density at radius 2 is 2.00 bits per heavy atom. The largest absolute Gasteiger partial charge is 0.492 e.